The van der Waals surface area contributed by atoms with Crippen LogP contribution in [0.3, 0.4) is 0 Å². The zero-order valence-electron chi connectivity index (χ0n) is 9.67. The minimum Gasteiger partial charge on any atom is -0.346 e. The van der Waals surface area contributed by atoms with Crippen molar-refractivity contribution in [3.63, 3.8) is 0 Å². The predicted molar refractivity (Wildman–Crippen MR) is 74.4 cm³/mol. The highest BCUT2D eigenvalue weighted by atomic mass is 35.5. The maximum absolute atomic E-state index is 5.91. The molecule has 1 unspecified atom stereocenters. The van der Waals surface area contributed by atoms with Gasteiger partial charge in [-0.3, -0.25) is 0 Å². The van der Waals surface area contributed by atoms with Crippen molar-refractivity contribution < 1.29 is 0 Å². The van der Waals surface area contributed by atoms with E-state index in [1.54, 1.807) is 28.1 Å². The fourth-order valence-electron chi connectivity index (χ4n) is 1.72. The summed E-state index contributed by atoms with van der Waals surface area (Å²) in [7, 11) is 0. The van der Waals surface area contributed by atoms with Crippen molar-refractivity contribution in [3.8, 4) is 0 Å². The number of fused-ring (bicyclic) bond motifs is 1. The molecular formula is C12H11ClN4S. The van der Waals surface area contributed by atoms with Gasteiger partial charge in [-0.25, -0.2) is 4.52 Å². The van der Waals surface area contributed by atoms with E-state index in [0.717, 1.165) is 5.65 Å². The molecule has 0 radical (unpaired) electrons. The Kier molecular flexibility index (Phi) is 2.93. The second kappa shape index (κ2) is 4.59. The Morgan fingerprint density at radius 2 is 2.28 bits per heavy atom. The zero-order chi connectivity index (χ0) is 12.5. The fourth-order valence-corrected chi connectivity index (χ4v) is 2.61. The summed E-state index contributed by atoms with van der Waals surface area (Å²) < 4.78 is 1.67. The van der Waals surface area contributed by atoms with Crippen LogP contribution >= 0.6 is 22.9 Å². The summed E-state index contributed by atoms with van der Waals surface area (Å²) in [5.74, 6) is 0.609. The van der Waals surface area contributed by atoms with Crippen LogP contribution in [0.1, 0.15) is 17.8 Å². The number of thiophene rings is 1. The maximum Gasteiger partial charge on any atom is 0.243 e. The molecule has 0 saturated heterocycles. The van der Waals surface area contributed by atoms with Crippen molar-refractivity contribution in [3.05, 3.63) is 45.7 Å². The lowest BCUT2D eigenvalue weighted by Crippen LogP contribution is -2.06. The first-order valence-electron chi connectivity index (χ1n) is 5.54. The van der Waals surface area contributed by atoms with Gasteiger partial charge in [-0.2, -0.15) is 4.98 Å². The Balaban J connectivity index is 1.86. The third-order valence-electron chi connectivity index (χ3n) is 2.61. The lowest BCUT2D eigenvalue weighted by Gasteiger charge is -2.09. The maximum atomic E-state index is 5.91. The largest absolute Gasteiger partial charge is 0.346 e. The monoisotopic (exact) mass is 278 g/mol. The molecule has 0 aromatic carbocycles. The van der Waals surface area contributed by atoms with Gasteiger partial charge in [0.15, 0.2) is 5.65 Å². The summed E-state index contributed by atoms with van der Waals surface area (Å²) in [5, 5.41) is 10.3. The molecule has 0 amide bonds. The zero-order valence-corrected chi connectivity index (χ0v) is 11.2. The summed E-state index contributed by atoms with van der Waals surface area (Å²) >= 11 is 7.62. The molecule has 3 aromatic rings. The lowest BCUT2D eigenvalue weighted by molar-refractivity contribution is 0.869. The third kappa shape index (κ3) is 2.19. The van der Waals surface area contributed by atoms with Crippen molar-refractivity contribution in [2.45, 2.75) is 13.0 Å². The van der Waals surface area contributed by atoms with E-state index in [1.807, 2.05) is 12.1 Å². The molecule has 4 nitrogen and oxygen atoms in total. The quantitative estimate of drug-likeness (QED) is 0.796. The fraction of sp³-hybridized carbons (Fsp3) is 0.167. The Morgan fingerprint density at radius 3 is 3.06 bits per heavy atom. The van der Waals surface area contributed by atoms with E-state index in [4.69, 9.17) is 11.6 Å². The number of hydrogen-bond donors (Lipinski definition) is 1. The van der Waals surface area contributed by atoms with Crippen LogP contribution in [-0.2, 0) is 0 Å². The first-order valence-corrected chi connectivity index (χ1v) is 6.80. The Hall–Kier alpha value is -1.59. The van der Waals surface area contributed by atoms with Gasteiger partial charge in [-0.15, -0.1) is 16.4 Å². The number of rotatable bonds is 3. The van der Waals surface area contributed by atoms with Gasteiger partial charge in [-0.05, 0) is 30.5 Å². The van der Waals surface area contributed by atoms with Crippen molar-refractivity contribution >= 4 is 34.5 Å². The number of aromatic nitrogens is 3. The van der Waals surface area contributed by atoms with E-state index in [-0.39, 0.29) is 6.04 Å². The molecule has 1 atom stereocenters. The summed E-state index contributed by atoms with van der Waals surface area (Å²) in [6, 6.07) is 7.97. The smallest absolute Gasteiger partial charge is 0.243 e. The standard InChI is InChI=1S/C12H11ClN4S/c1-8(10-3-2-6-18-10)14-12-15-11-5-4-9(13)7-17(11)16-12/h2-8H,1H3,(H,14,16). The molecule has 0 aliphatic heterocycles. The van der Waals surface area contributed by atoms with E-state index in [1.165, 1.54) is 4.88 Å². The second-order valence-corrected chi connectivity index (χ2v) is 5.38. The van der Waals surface area contributed by atoms with Crippen molar-refractivity contribution in [1.82, 2.24) is 14.6 Å². The summed E-state index contributed by atoms with van der Waals surface area (Å²) in [5.41, 5.74) is 0.778. The van der Waals surface area contributed by atoms with E-state index in [0.29, 0.717) is 11.0 Å². The van der Waals surface area contributed by atoms with Gasteiger partial charge in [0, 0.05) is 11.1 Å². The molecule has 0 saturated carbocycles. The Morgan fingerprint density at radius 1 is 1.39 bits per heavy atom. The molecule has 92 valence electrons. The van der Waals surface area contributed by atoms with Crippen LogP contribution in [0.4, 0.5) is 5.95 Å². The first kappa shape index (κ1) is 11.5. The highest BCUT2D eigenvalue weighted by molar-refractivity contribution is 7.10. The molecule has 3 heterocycles. The Bertz CT molecular complexity index is 662. The third-order valence-corrected chi connectivity index (χ3v) is 3.89. The van der Waals surface area contributed by atoms with E-state index in [2.05, 4.69) is 33.8 Å². The summed E-state index contributed by atoms with van der Waals surface area (Å²) in [6.07, 6.45) is 1.74. The van der Waals surface area contributed by atoms with Gasteiger partial charge < -0.3 is 5.32 Å². The van der Waals surface area contributed by atoms with Crippen LogP contribution in [0.15, 0.2) is 35.8 Å². The number of nitrogens with zero attached hydrogens (tertiary/aromatic N) is 3. The van der Waals surface area contributed by atoms with Crippen LogP contribution in [0.5, 0.6) is 0 Å². The number of pyridine rings is 1. The average molecular weight is 279 g/mol. The topological polar surface area (TPSA) is 42.2 Å². The predicted octanol–water partition coefficient (Wildman–Crippen LogP) is 3.62. The normalized spacial score (nSPS) is 12.8. The summed E-state index contributed by atoms with van der Waals surface area (Å²) in [4.78, 5) is 5.65. The van der Waals surface area contributed by atoms with E-state index in [9.17, 15) is 0 Å². The number of anilines is 1. The van der Waals surface area contributed by atoms with Crippen LogP contribution in [0.2, 0.25) is 5.02 Å². The summed E-state index contributed by atoms with van der Waals surface area (Å²) in [6.45, 7) is 2.09. The molecule has 6 heteroatoms. The molecular weight excluding hydrogens is 268 g/mol. The SMILES string of the molecule is CC(Nc1nc2ccc(Cl)cn2n1)c1cccs1. The van der Waals surface area contributed by atoms with Gasteiger partial charge in [0.1, 0.15) is 0 Å². The van der Waals surface area contributed by atoms with Crippen molar-refractivity contribution in [1.29, 1.82) is 0 Å². The number of halogens is 1. The van der Waals surface area contributed by atoms with Gasteiger partial charge >= 0.3 is 0 Å². The Labute approximate surface area is 113 Å². The van der Waals surface area contributed by atoms with E-state index >= 15 is 0 Å². The number of nitrogens with one attached hydrogen (secondary N) is 1. The van der Waals surface area contributed by atoms with Crippen LogP contribution in [0, 0.1) is 0 Å². The minimum absolute atomic E-state index is 0.192. The van der Waals surface area contributed by atoms with Gasteiger partial charge in [0.05, 0.1) is 11.1 Å². The first-order chi connectivity index (χ1) is 8.72. The highest BCUT2D eigenvalue weighted by Crippen LogP contribution is 2.22. The average Bonchev–Trinajstić information content (AvgIpc) is 2.95. The van der Waals surface area contributed by atoms with Gasteiger partial charge in [0.25, 0.3) is 0 Å². The molecule has 0 bridgehead atoms. The van der Waals surface area contributed by atoms with Crippen LogP contribution in [-0.4, -0.2) is 14.6 Å². The van der Waals surface area contributed by atoms with Crippen LogP contribution in [0.25, 0.3) is 5.65 Å². The molecule has 1 N–H and O–H groups in total. The van der Waals surface area contributed by atoms with E-state index < -0.39 is 0 Å². The molecule has 3 aromatic heterocycles. The van der Waals surface area contributed by atoms with Crippen molar-refractivity contribution in [2.75, 3.05) is 5.32 Å². The van der Waals surface area contributed by atoms with Crippen molar-refractivity contribution in [2.24, 2.45) is 0 Å². The van der Waals surface area contributed by atoms with Gasteiger partial charge in [0.2, 0.25) is 5.95 Å². The molecule has 0 spiro atoms. The highest BCUT2D eigenvalue weighted by Gasteiger charge is 2.10. The van der Waals surface area contributed by atoms with Crippen LogP contribution < -0.4 is 5.32 Å². The molecule has 3 rings (SSSR count). The number of hydrogen-bond acceptors (Lipinski definition) is 4. The van der Waals surface area contributed by atoms with Gasteiger partial charge in [-0.1, -0.05) is 17.7 Å². The molecule has 0 aliphatic carbocycles. The molecule has 18 heavy (non-hydrogen) atoms. The molecule has 0 aliphatic rings. The molecule has 0 fully saturated rings. The minimum atomic E-state index is 0.192. The second-order valence-electron chi connectivity index (χ2n) is 3.97. The lowest BCUT2D eigenvalue weighted by atomic mass is 10.3.